The van der Waals surface area contributed by atoms with Crippen molar-refractivity contribution < 1.29 is 13.9 Å². The van der Waals surface area contributed by atoms with Crippen molar-refractivity contribution in [1.29, 1.82) is 0 Å². The highest BCUT2D eigenvalue weighted by Crippen LogP contribution is 2.50. The number of hydrogen-bond acceptors (Lipinski definition) is 4. The van der Waals surface area contributed by atoms with Crippen molar-refractivity contribution in [3.05, 3.63) is 36.0 Å². The minimum absolute atomic E-state index is 0.0973. The van der Waals surface area contributed by atoms with Gasteiger partial charge in [-0.1, -0.05) is 0 Å². The lowest BCUT2D eigenvalue weighted by atomic mass is 9.77. The molecule has 0 saturated heterocycles. The molecule has 1 aromatic heterocycles. The fraction of sp³-hybridized carbons (Fsp3) is 0.562. The minimum Gasteiger partial charge on any atom is -0.501 e. The summed E-state index contributed by atoms with van der Waals surface area (Å²) in [4.78, 5) is 4.77. The maximum Gasteiger partial charge on any atom is 0.191 e. The first kappa shape index (κ1) is 13.3. The van der Waals surface area contributed by atoms with Gasteiger partial charge in [-0.25, -0.2) is 4.99 Å². The molecule has 2 aliphatic rings. The Morgan fingerprint density at radius 3 is 2.70 bits per heavy atom. The van der Waals surface area contributed by atoms with Crippen LogP contribution in [0.3, 0.4) is 0 Å². The van der Waals surface area contributed by atoms with Crippen LogP contribution >= 0.6 is 0 Å². The number of ether oxygens (including phenoxy) is 2. The van der Waals surface area contributed by atoms with Crippen molar-refractivity contribution in [3.8, 4) is 0 Å². The van der Waals surface area contributed by atoms with Crippen LogP contribution in [0.1, 0.15) is 38.9 Å². The molecule has 108 valence electrons. The molecule has 0 radical (unpaired) electrons. The average molecular weight is 275 g/mol. The van der Waals surface area contributed by atoms with E-state index in [-0.39, 0.29) is 16.9 Å². The van der Waals surface area contributed by atoms with Crippen LogP contribution in [0.5, 0.6) is 0 Å². The number of nitrogens with zero attached hydrogens (tertiary/aromatic N) is 1. The van der Waals surface area contributed by atoms with E-state index in [0.717, 1.165) is 23.8 Å². The molecule has 1 aliphatic heterocycles. The molecular weight excluding hydrogens is 254 g/mol. The summed E-state index contributed by atoms with van der Waals surface area (Å²) in [6.45, 7) is 6.98. The Morgan fingerprint density at radius 1 is 1.35 bits per heavy atom. The average Bonchev–Trinajstić information content (AvgIpc) is 3.07. The maximum atomic E-state index is 5.90. The van der Waals surface area contributed by atoms with Crippen LogP contribution < -0.4 is 0 Å². The monoisotopic (exact) mass is 275 g/mol. The van der Waals surface area contributed by atoms with E-state index in [1.165, 1.54) is 0 Å². The molecule has 0 bridgehead atoms. The molecule has 1 aliphatic carbocycles. The highest BCUT2D eigenvalue weighted by atomic mass is 16.5. The summed E-state index contributed by atoms with van der Waals surface area (Å²) in [5.41, 5.74) is -0.390. The Labute approximate surface area is 119 Å². The normalized spacial score (nSPS) is 31.7. The van der Waals surface area contributed by atoms with Crippen molar-refractivity contribution in [2.45, 2.75) is 38.6 Å². The van der Waals surface area contributed by atoms with Crippen molar-refractivity contribution in [2.75, 3.05) is 13.7 Å². The van der Waals surface area contributed by atoms with E-state index >= 15 is 0 Å². The number of hydrogen-bond donors (Lipinski definition) is 0. The van der Waals surface area contributed by atoms with Gasteiger partial charge in [0.2, 0.25) is 0 Å². The van der Waals surface area contributed by atoms with E-state index in [9.17, 15) is 0 Å². The SMILES string of the molecule is COC1=C[C@@H](c2ccco2)[C@@](C)(C2=NC(C)(C)CO2)C1. The van der Waals surface area contributed by atoms with Crippen LogP contribution in [0.4, 0.5) is 0 Å². The van der Waals surface area contributed by atoms with Crippen LogP contribution in [0, 0.1) is 5.41 Å². The molecule has 0 unspecified atom stereocenters. The van der Waals surface area contributed by atoms with Gasteiger partial charge in [-0.05, 0) is 39.0 Å². The topological polar surface area (TPSA) is 44.0 Å². The third-order valence-electron chi connectivity index (χ3n) is 4.15. The van der Waals surface area contributed by atoms with E-state index in [1.807, 2.05) is 12.1 Å². The molecule has 0 N–H and O–H groups in total. The first-order valence-corrected chi connectivity index (χ1v) is 6.96. The minimum atomic E-state index is -0.239. The van der Waals surface area contributed by atoms with Crippen molar-refractivity contribution in [3.63, 3.8) is 0 Å². The molecule has 0 amide bonds. The summed E-state index contributed by atoms with van der Waals surface area (Å²) in [5.74, 6) is 2.80. The summed E-state index contributed by atoms with van der Waals surface area (Å²) < 4.78 is 17.0. The first-order valence-electron chi connectivity index (χ1n) is 6.96. The van der Waals surface area contributed by atoms with Gasteiger partial charge in [-0.2, -0.15) is 0 Å². The van der Waals surface area contributed by atoms with Crippen molar-refractivity contribution in [2.24, 2.45) is 10.4 Å². The summed E-state index contributed by atoms with van der Waals surface area (Å²) >= 11 is 0. The Hall–Kier alpha value is -1.71. The fourth-order valence-corrected chi connectivity index (χ4v) is 2.99. The lowest BCUT2D eigenvalue weighted by Crippen LogP contribution is -2.31. The predicted molar refractivity (Wildman–Crippen MR) is 76.7 cm³/mol. The van der Waals surface area contributed by atoms with Crippen LogP contribution in [0.25, 0.3) is 0 Å². The number of aliphatic imine (C=N–C) groups is 1. The van der Waals surface area contributed by atoms with E-state index in [1.54, 1.807) is 13.4 Å². The first-order chi connectivity index (χ1) is 9.44. The molecule has 4 nitrogen and oxygen atoms in total. The predicted octanol–water partition coefficient (Wildman–Crippen LogP) is 3.51. The maximum absolute atomic E-state index is 5.90. The second kappa shape index (κ2) is 4.40. The Balaban J connectivity index is 1.99. The van der Waals surface area contributed by atoms with Crippen LogP contribution in [-0.2, 0) is 9.47 Å². The van der Waals surface area contributed by atoms with E-state index in [2.05, 4.69) is 26.8 Å². The quantitative estimate of drug-likeness (QED) is 0.848. The van der Waals surface area contributed by atoms with Gasteiger partial charge in [0.25, 0.3) is 0 Å². The lowest BCUT2D eigenvalue weighted by molar-refractivity contribution is 0.220. The zero-order valence-corrected chi connectivity index (χ0v) is 12.5. The van der Waals surface area contributed by atoms with E-state index in [0.29, 0.717) is 6.61 Å². The van der Waals surface area contributed by atoms with Gasteiger partial charge in [0, 0.05) is 6.42 Å². The number of rotatable bonds is 3. The van der Waals surface area contributed by atoms with Crippen LogP contribution in [0.2, 0.25) is 0 Å². The van der Waals surface area contributed by atoms with Gasteiger partial charge in [0.15, 0.2) is 5.90 Å². The van der Waals surface area contributed by atoms with Crippen molar-refractivity contribution in [1.82, 2.24) is 0 Å². The zero-order valence-electron chi connectivity index (χ0n) is 12.5. The molecule has 0 saturated carbocycles. The van der Waals surface area contributed by atoms with Crippen molar-refractivity contribution >= 4 is 5.90 Å². The molecule has 3 rings (SSSR count). The molecule has 2 atom stereocenters. The second-order valence-corrected chi connectivity index (χ2v) is 6.44. The Kier molecular flexibility index (Phi) is 2.92. The summed E-state index contributed by atoms with van der Waals surface area (Å²) in [6.07, 6.45) is 4.61. The molecule has 0 spiro atoms. The highest BCUT2D eigenvalue weighted by Gasteiger charge is 2.49. The summed E-state index contributed by atoms with van der Waals surface area (Å²) in [6, 6.07) is 3.91. The van der Waals surface area contributed by atoms with Gasteiger partial charge < -0.3 is 13.9 Å². The zero-order chi connectivity index (χ0) is 14.4. The molecule has 1 aromatic rings. The second-order valence-electron chi connectivity index (χ2n) is 6.44. The van der Waals surface area contributed by atoms with Gasteiger partial charge in [-0.15, -0.1) is 0 Å². The smallest absolute Gasteiger partial charge is 0.191 e. The van der Waals surface area contributed by atoms with Gasteiger partial charge in [-0.3, -0.25) is 0 Å². The van der Waals surface area contributed by atoms with Gasteiger partial charge in [0.05, 0.1) is 36.0 Å². The largest absolute Gasteiger partial charge is 0.501 e. The molecule has 2 heterocycles. The fourth-order valence-electron chi connectivity index (χ4n) is 2.99. The highest BCUT2D eigenvalue weighted by molar-refractivity contribution is 5.86. The standard InChI is InChI=1S/C16H21NO3/c1-15(2)10-20-14(17-15)16(3)9-11(18-4)8-12(16)13-6-5-7-19-13/h5-8,12H,9-10H2,1-4H3/t12-,16-/m0/s1. The van der Waals surface area contributed by atoms with E-state index in [4.69, 9.17) is 18.9 Å². The lowest BCUT2D eigenvalue weighted by Gasteiger charge is -2.29. The molecule has 20 heavy (non-hydrogen) atoms. The van der Waals surface area contributed by atoms with Gasteiger partial charge in [0.1, 0.15) is 12.4 Å². The van der Waals surface area contributed by atoms with Crippen LogP contribution in [-0.4, -0.2) is 25.2 Å². The number of methoxy groups -OCH3 is 1. The Bertz CT molecular complexity index is 556. The Morgan fingerprint density at radius 2 is 2.15 bits per heavy atom. The van der Waals surface area contributed by atoms with Crippen LogP contribution in [0.15, 0.2) is 39.6 Å². The van der Waals surface area contributed by atoms with Gasteiger partial charge >= 0.3 is 0 Å². The molecular formula is C16H21NO3. The number of allylic oxidation sites excluding steroid dienone is 2. The molecule has 0 aromatic carbocycles. The third kappa shape index (κ3) is 2.03. The summed E-state index contributed by atoms with van der Waals surface area (Å²) in [5, 5.41) is 0. The van der Waals surface area contributed by atoms with E-state index < -0.39 is 0 Å². The number of furan rings is 1. The summed E-state index contributed by atoms with van der Waals surface area (Å²) in [7, 11) is 1.71. The third-order valence-corrected chi connectivity index (χ3v) is 4.15. The molecule has 4 heteroatoms. The molecule has 0 fully saturated rings.